The van der Waals surface area contributed by atoms with Gasteiger partial charge in [0.25, 0.3) is 0 Å². The highest BCUT2D eigenvalue weighted by Crippen LogP contribution is 2.29. The Morgan fingerprint density at radius 3 is 2.48 bits per heavy atom. The second-order valence-corrected chi connectivity index (χ2v) is 5.90. The van der Waals surface area contributed by atoms with Gasteiger partial charge in [-0.2, -0.15) is 0 Å². The molecule has 7 heteroatoms. The molecule has 5 nitrogen and oxygen atoms in total. The summed E-state index contributed by atoms with van der Waals surface area (Å²) in [6.45, 7) is 4.64. The summed E-state index contributed by atoms with van der Waals surface area (Å²) in [6.07, 6.45) is 0. The number of benzene rings is 1. The quantitative estimate of drug-likeness (QED) is 0.735. The number of hydrogen-bond acceptors (Lipinski definition) is 6. The highest BCUT2D eigenvalue weighted by atomic mass is 32.2. The molecule has 0 aliphatic heterocycles. The van der Waals surface area contributed by atoms with Gasteiger partial charge in [-0.25, -0.2) is 14.4 Å². The molecular weight excluding hydrogens is 289 g/mol. The van der Waals surface area contributed by atoms with Crippen LogP contribution >= 0.6 is 11.8 Å². The number of aromatic nitrogens is 2. The Morgan fingerprint density at radius 2 is 1.86 bits per heavy atom. The van der Waals surface area contributed by atoms with Gasteiger partial charge in [-0.3, -0.25) is 0 Å². The zero-order valence-electron chi connectivity index (χ0n) is 11.9. The molecule has 112 valence electrons. The van der Waals surface area contributed by atoms with Gasteiger partial charge in [0.1, 0.15) is 17.5 Å². The number of nitrogens with one attached hydrogen (secondary N) is 1. The molecule has 0 fully saturated rings. The van der Waals surface area contributed by atoms with Crippen LogP contribution in [0.3, 0.4) is 0 Å². The zero-order chi connectivity index (χ0) is 15.4. The molecule has 2 aromatic rings. The van der Waals surface area contributed by atoms with Crippen molar-refractivity contribution in [3.63, 3.8) is 0 Å². The maximum Gasteiger partial charge on any atom is 0.196 e. The molecule has 0 amide bonds. The molecule has 2 rings (SSSR count). The van der Waals surface area contributed by atoms with E-state index in [2.05, 4.69) is 15.3 Å². The fraction of sp³-hybridized carbons (Fsp3) is 0.286. The van der Waals surface area contributed by atoms with Gasteiger partial charge in [0.05, 0.1) is 0 Å². The minimum Gasteiger partial charge on any atom is -0.383 e. The van der Waals surface area contributed by atoms with E-state index < -0.39 is 0 Å². The largest absolute Gasteiger partial charge is 0.383 e. The first-order valence-corrected chi connectivity index (χ1v) is 7.35. The first-order chi connectivity index (χ1) is 9.94. The lowest BCUT2D eigenvalue weighted by atomic mass is 10.2. The van der Waals surface area contributed by atoms with E-state index in [1.165, 1.54) is 30.0 Å². The van der Waals surface area contributed by atoms with Crippen LogP contribution in [0.25, 0.3) is 0 Å². The van der Waals surface area contributed by atoms with Crippen molar-refractivity contribution in [3.8, 4) is 0 Å². The molecule has 0 aliphatic rings. The van der Waals surface area contributed by atoms with Gasteiger partial charge in [-0.1, -0.05) is 13.8 Å². The third-order valence-corrected chi connectivity index (χ3v) is 3.65. The summed E-state index contributed by atoms with van der Waals surface area (Å²) in [6, 6.07) is 6.44. The lowest BCUT2D eigenvalue weighted by Crippen LogP contribution is -2.22. The zero-order valence-corrected chi connectivity index (χ0v) is 12.7. The smallest absolute Gasteiger partial charge is 0.196 e. The fourth-order valence-corrected chi connectivity index (χ4v) is 2.60. The predicted octanol–water partition coefficient (Wildman–Crippen LogP) is 2.43. The van der Waals surface area contributed by atoms with Crippen LogP contribution in [0.15, 0.2) is 34.3 Å². The predicted molar refractivity (Wildman–Crippen MR) is 83.4 cm³/mol. The van der Waals surface area contributed by atoms with Crippen molar-refractivity contribution in [1.29, 1.82) is 0 Å². The Balaban J connectivity index is 2.25. The summed E-state index contributed by atoms with van der Waals surface area (Å²) in [7, 11) is 0. The Bertz CT molecular complexity index is 613. The first-order valence-electron chi connectivity index (χ1n) is 6.53. The van der Waals surface area contributed by atoms with Crippen LogP contribution in [-0.2, 0) is 6.54 Å². The van der Waals surface area contributed by atoms with Crippen molar-refractivity contribution in [3.05, 3.63) is 35.6 Å². The van der Waals surface area contributed by atoms with E-state index in [1.807, 2.05) is 13.8 Å². The van der Waals surface area contributed by atoms with Gasteiger partial charge in [0.15, 0.2) is 5.16 Å². The van der Waals surface area contributed by atoms with Gasteiger partial charge in [-0.15, -0.1) is 0 Å². The van der Waals surface area contributed by atoms with Crippen LogP contribution in [0.2, 0.25) is 0 Å². The summed E-state index contributed by atoms with van der Waals surface area (Å²) in [4.78, 5) is 9.12. The molecule has 0 radical (unpaired) electrons. The van der Waals surface area contributed by atoms with E-state index in [-0.39, 0.29) is 5.82 Å². The summed E-state index contributed by atoms with van der Waals surface area (Å²) >= 11 is 1.31. The van der Waals surface area contributed by atoms with Crippen molar-refractivity contribution in [2.24, 2.45) is 0 Å². The molecular formula is C14H18FN5S. The first kappa shape index (κ1) is 15.5. The van der Waals surface area contributed by atoms with Crippen molar-refractivity contribution >= 4 is 23.4 Å². The number of nitrogens with two attached hydrogens (primary N) is 2. The molecule has 0 bridgehead atoms. The Labute approximate surface area is 127 Å². The average Bonchev–Trinajstić information content (AvgIpc) is 2.37. The van der Waals surface area contributed by atoms with E-state index in [4.69, 9.17) is 11.5 Å². The van der Waals surface area contributed by atoms with E-state index in [0.717, 1.165) is 10.5 Å². The highest BCUT2D eigenvalue weighted by molar-refractivity contribution is 7.99. The van der Waals surface area contributed by atoms with Crippen molar-refractivity contribution in [1.82, 2.24) is 15.3 Å². The molecule has 0 unspecified atom stereocenters. The molecule has 0 atom stereocenters. The van der Waals surface area contributed by atoms with E-state index in [1.54, 1.807) is 6.07 Å². The number of anilines is 2. The average molecular weight is 307 g/mol. The number of nitrogen functional groups attached to an aromatic ring is 2. The number of rotatable bonds is 5. The van der Waals surface area contributed by atoms with Gasteiger partial charge in [0.2, 0.25) is 0 Å². The van der Waals surface area contributed by atoms with Crippen molar-refractivity contribution < 1.29 is 4.39 Å². The van der Waals surface area contributed by atoms with E-state index in [9.17, 15) is 4.39 Å². The molecule has 1 heterocycles. The lowest BCUT2D eigenvalue weighted by molar-refractivity contribution is 0.576. The Hall–Kier alpha value is -1.86. The lowest BCUT2D eigenvalue weighted by Gasteiger charge is -2.12. The van der Waals surface area contributed by atoms with Crippen LogP contribution in [-0.4, -0.2) is 16.0 Å². The molecule has 0 aliphatic carbocycles. The molecule has 1 aromatic carbocycles. The number of halogens is 1. The van der Waals surface area contributed by atoms with Crippen LogP contribution in [0, 0.1) is 5.82 Å². The maximum atomic E-state index is 13.4. The maximum absolute atomic E-state index is 13.4. The van der Waals surface area contributed by atoms with Crippen LogP contribution in [0.4, 0.5) is 16.0 Å². The van der Waals surface area contributed by atoms with Gasteiger partial charge in [0, 0.05) is 23.5 Å². The fourth-order valence-electron chi connectivity index (χ4n) is 1.71. The topological polar surface area (TPSA) is 89.8 Å². The monoisotopic (exact) mass is 307 g/mol. The van der Waals surface area contributed by atoms with Crippen LogP contribution in [0.1, 0.15) is 19.4 Å². The third-order valence-electron chi connectivity index (χ3n) is 2.67. The third kappa shape index (κ3) is 4.57. The minimum atomic E-state index is -0.270. The molecule has 21 heavy (non-hydrogen) atoms. The van der Waals surface area contributed by atoms with Crippen molar-refractivity contribution in [2.45, 2.75) is 36.5 Å². The van der Waals surface area contributed by atoms with Crippen LogP contribution in [0.5, 0.6) is 0 Å². The van der Waals surface area contributed by atoms with Gasteiger partial charge < -0.3 is 16.8 Å². The molecule has 1 aromatic heterocycles. The van der Waals surface area contributed by atoms with E-state index >= 15 is 0 Å². The molecule has 0 saturated heterocycles. The Morgan fingerprint density at radius 1 is 1.19 bits per heavy atom. The van der Waals surface area contributed by atoms with E-state index in [0.29, 0.717) is 29.4 Å². The second kappa shape index (κ2) is 6.73. The standard InChI is InChI=1S/C14H18FN5S/c1-8(2)18-7-9-5-10(15)3-4-11(9)21-14-19-12(16)6-13(17)20-14/h3-6,8,18H,7H2,1-2H3,(H4,16,17,19,20). The summed E-state index contributed by atoms with van der Waals surface area (Å²) in [5, 5.41) is 3.72. The molecule has 0 saturated carbocycles. The minimum absolute atomic E-state index is 0.270. The Kier molecular flexibility index (Phi) is 4.98. The number of hydrogen-bond donors (Lipinski definition) is 3. The second-order valence-electron chi connectivity index (χ2n) is 4.89. The SMILES string of the molecule is CC(C)NCc1cc(F)ccc1Sc1nc(N)cc(N)n1. The summed E-state index contributed by atoms with van der Waals surface area (Å²) in [5.74, 6) is 0.357. The van der Waals surface area contributed by atoms with Gasteiger partial charge >= 0.3 is 0 Å². The van der Waals surface area contributed by atoms with Crippen molar-refractivity contribution in [2.75, 3.05) is 11.5 Å². The molecule has 0 spiro atoms. The van der Waals surface area contributed by atoms with Gasteiger partial charge in [-0.05, 0) is 35.5 Å². The summed E-state index contributed by atoms with van der Waals surface area (Å²) in [5.41, 5.74) is 12.2. The normalized spacial score (nSPS) is 11.0. The number of nitrogens with zero attached hydrogens (tertiary/aromatic N) is 2. The highest BCUT2D eigenvalue weighted by Gasteiger charge is 2.09. The van der Waals surface area contributed by atoms with Crippen LogP contribution < -0.4 is 16.8 Å². The molecule has 5 N–H and O–H groups in total. The summed E-state index contributed by atoms with van der Waals surface area (Å²) < 4.78 is 13.4.